The number of nitrogens with one attached hydrogen (secondary N) is 1. The van der Waals surface area contributed by atoms with E-state index in [2.05, 4.69) is 39.5 Å². The quantitative estimate of drug-likeness (QED) is 0.352. The SMILES string of the molecule is N#Cc1ccccc1Cn1cc(/C=N\NCc2ccc(Cl)cc2)c2ccccc21. The Morgan fingerprint density at radius 3 is 2.59 bits per heavy atom. The van der Waals surface area contributed by atoms with Gasteiger partial charge < -0.3 is 9.99 Å². The molecule has 1 aromatic heterocycles. The van der Waals surface area contributed by atoms with Crippen molar-refractivity contribution >= 4 is 28.7 Å². The second-order valence-electron chi connectivity index (χ2n) is 6.72. The molecule has 1 heterocycles. The molecule has 0 spiro atoms. The van der Waals surface area contributed by atoms with Crippen LogP contribution in [0, 0.1) is 11.3 Å². The molecule has 5 heteroatoms. The van der Waals surface area contributed by atoms with Crippen molar-refractivity contribution in [3.63, 3.8) is 0 Å². The third-order valence-electron chi connectivity index (χ3n) is 4.79. The highest BCUT2D eigenvalue weighted by Crippen LogP contribution is 2.22. The number of aromatic nitrogens is 1. The van der Waals surface area contributed by atoms with E-state index in [-0.39, 0.29) is 0 Å². The fourth-order valence-corrected chi connectivity index (χ4v) is 3.44. The number of hydrogen-bond acceptors (Lipinski definition) is 3. The Morgan fingerprint density at radius 2 is 1.76 bits per heavy atom. The van der Waals surface area contributed by atoms with Gasteiger partial charge in [-0.05, 0) is 35.4 Å². The van der Waals surface area contributed by atoms with Gasteiger partial charge in [-0.2, -0.15) is 10.4 Å². The number of benzene rings is 3. The van der Waals surface area contributed by atoms with Gasteiger partial charge in [0.15, 0.2) is 0 Å². The van der Waals surface area contributed by atoms with Gasteiger partial charge in [-0.3, -0.25) is 0 Å². The molecule has 0 aliphatic rings. The molecule has 0 atom stereocenters. The fraction of sp³-hybridized carbons (Fsp3) is 0.0833. The summed E-state index contributed by atoms with van der Waals surface area (Å²) in [5.74, 6) is 0. The lowest BCUT2D eigenvalue weighted by molar-refractivity contribution is 0.748. The molecule has 1 N–H and O–H groups in total. The Bertz CT molecular complexity index is 1200. The van der Waals surface area contributed by atoms with E-state index in [1.807, 2.05) is 66.9 Å². The van der Waals surface area contributed by atoms with Crippen molar-refractivity contribution in [3.8, 4) is 6.07 Å². The lowest BCUT2D eigenvalue weighted by atomic mass is 10.1. The zero-order valence-corrected chi connectivity index (χ0v) is 16.5. The van der Waals surface area contributed by atoms with Crippen LogP contribution in [0.15, 0.2) is 84.1 Å². The van der Waals surface area contributed by atoms with Gasteiger partial charge in [0.2, 0.25) is 0 Å². The summed E-state index contributed by atoms with van der Waals surface area (Å²) in [6, 6.07) is 25.9. The van der Waals surface area contributed by atoms with Gasteiger partial charge in [0, 0.05) is 34.2 Å². The van der Waals surface area contributed by atoms with Crippen molar-refractivity contribution in [3.05, 3.63) is 106 Å². The maximum atomic E-state index is 9.37. The largest absolute Gasteiger partial charge is 0.342 e. The van der Waals surface area contributed by atoms with Crippen LogP contribution in [0.2, 0.25) is 5.02 Å². The Hall–Kier alpha value is -3.55. The molecule has 0 aliphatic heterocycles. The van der Waals surface area contributed by atoms with Gasteiger partial charge in [-0.25, -0.2) is 0 Å². The van der Waals surface area contributed by atoms with E-state index in [1.165, 1.54) is 0 Å². The number of nitriles is 1. The molecule has 142 valence electrons. The van der Waals surface area contributed by atoms with E-state index >= 15 is 0 Å². The maximum Gasteiger partial charge on any atom is 0.0995 e. The summed E-state index contributed by atoms with van der Waals surface area (Å²) in [6.45, 7) is 1.26. The van der Waals surface area contributed by atoms with Crippen LogP contribution in [-0.4, -0.2) is 10.8 Å². The van der Waals surface area contributed by atoms with Crippen molar-refractivity contribution in [1.29, 1.82) is 5.26 Å². The van der Waals surface area contributed by atoms with Gasteiger partial charge in [-0.15, -0.1) is 0 Å². The van der Waals surface area contributed by atoms with Crippen LogP contribution in [0.5, 0.6) is 0 Å². The predicted molar refractivity (Wildman–Crippen MR) is 118 cm³/mol. The van der Waals surface area contributed by atoms with E-state index in [0.29, 0.717) is 18.7 Å². The molecular weight excluding hydrogens is 380 g/mol. The molecular formula is C24H19ClN4. The molecule has 0 bridgehead atoms. The summed E-state index contributed by atoms with van der Waals surface area (Å²) in [4.78, 5) is 0. The predicted octanol–water partition coefficient (Wildman–Crippen LogP) is 5.34. The molecule has 4 rings (SSSR count). The summed E-state index contributed by atoms with van der Waals surface area (Å²) in [5, 5.41) is 15.6. The Labute approximate surface area is 174 Å². The molecule has 0 radical (unpaired) electrons. The van der Waals surface area contributed by atoms with Crippen LogP contribution >= 0.6 is 11.6 Å². The van der Waals surface area contributed by atoms with E-state index in [1.54, 1.807) is 0 Å². The maximum absolute atomic E-state index is 9.37. The summed E-state index contributed by atoms with van der Waals surface area (Å²) < 4.78 is 2.16. The Balaban J connectivity index is 1.55. The van der Waals surface area contributed by atoms with E-state index in [9.17, 15) is 5.26 Å². The molecule has 4 aromatic rings. The van der Waals surface area contributed by atoms with Gasteiger partial charge in [0.25, 0.3) is 0 Å². The Kier molecular flexibility index (Phi) is 5.60. The Morgan fingerprint density at radius 1 is 1.00 bits per heavy atom. The van der Waals surface area contributed by atoms with Crippen LogP contribution in [0.25, 0.3) is 10.9 Å². The minimum absolute atomic E-state index is 0.627. The molecule has 0 saturated heterocycles. The third-order valence-corrected chi connectivity index (χ3v) is 5.04. The zero-order chi connectivity index (χ0) is 20.1. The number of nitrogens with zero attached hydrogens (tertiary/aromatic N) is 3. The smallest absolute Gasteiger partial charge is 0.0995 e. The molecule has 0 unspecified atom stereocenters. The molecule has 0 saturated carbocycles. The standard InChI is InChI=1S/C24H19ClN4/c25-22-11-9-18(10-12-22)14-27-28-15-21-17-29(24-8-4-3-7-23(21)24)16-20-6-2-1-5-19(20)13-26/h1-12,15,17,27H,14,16H2/b28-15-. The third kappa shape index (κ3) is 4.31. The number of para-hydroxylation sites is 1. The number of hydrazone groups is 1. The van der Waals surface area contributed by atoms with Crippen LogP contribution in [0.1, 0.15) is 22.3 Å². The van der Waals surface area contributed by atoms with Gasteiger partial charge in [0.05, 0.1) is 24.4 Å². The molecule has 3 aromatic carbocycles. The number of halogens is 1. The first-order valence-electron chi connectivity index (χ1n) is 9.31. The number of hydrogen-bond donors (Lipinski definition) is 1. The second-order valence-corrected chi connectivity index (χ2v) is 7.15. The number of rotatable bonds is 6. The molecule has 0 fully saturated rings. The van der Waals surface area contributed by atoms with Crippen molar-refractivity contribution in [2.24, 2.45) is 5.10 Å². The summed E-state index contributed by atoms with van der Waals surface area (Å²) >= 11 is 5.92. The molecule has 29 heavy (non-hydrogen) atoms. The highest BCUT2D eigenvalue weighted by molar-refractivity contribution is 6.30. The van der Waals surface area contributed by atoms with Crippen LogP contribution in [0.4, 0.5) is 0 Å². The fourth-order valence-electron chi connectivity index (χ4n) is 3.31. The van der Waals surface area contributed by atoms with Crippen LogP contribution in [-0.2, 0) is 13.1 Å². The van der Waals surface area contributed by atoms with E-state index in [0.717, 1.165) is 32.6 Å². The molecule has 0 amide bonds. The first-order chi connectivity index (χ1) is 14.2. The summed E-state index contributed by atoms with van der Waals surface area (Å²) in [5.41, 5.74) is 8.03. The molecule has 4 nitrogen and oxygen atoms in total. The lowest BCUT2D eigenvalue weighted by Crippen LogP contribution is -2.05. The average molecular weight is 399 g/mol. The van der Waals surface area contributed by atoms with E-state index < -0.39 is 0 Å². The highest BCUT2D eigenvalue weighted by Gasteiger charge is 2.09. The zero-order valence-electron chi connectivity index (χ0n) is 15.7. The van der Waals surface area contributed by atoms with Gasteiger partial charge in [0.1, 0.15) is 0 Å². The lowest BCUT2D eigenvalue weighted by Gasteiger charge is -2.07. The molecule has 0 aliphatic carbocycles. The van der Waals surface area contributed by atoms with Crippen molar-refractivity contribution < 1.29 is 0 Å². The van der Waals surface area contributed by atoms with Crippen LogP contribution in [0.3, 0.4) is 0 Å². The summed E-state index contributed by atoms with van der Waals surface area (Å²) in [6.07, 6.45) is 3.91. The normalized spacial score (nSPS) is 11.0. The highest BCUT2D eigenvalue weighted by atomic mass is 35.5. The van der Waals surface area contributed by atoms with E-state index in [4.69, 9.17) is 11.6 Å². The van der Waals surface area contributed by atoms with Crippen LogP contribution < -0.4 is 5.43 Å². The van der Waals surface area contributed by atoms with Crippen molar-refractivity contribution in [2.75, 3.05) is 0 Å². The van der Waals surface area contributed by atoms with Gasteiger partial charge >= 0.3 is 0 Å². The summed E-state index contributed by atoms with van der Waals surface area (Å²) in [7, 11) is 0. The topological polar surface area (TPSA) is 53.1 Å². The number of fused-ring (bicyclic) bond motifs is 1. The van der Waals surface area contributed by atoms with Crippen molar-refractivity contribution in [2.45, 2.75) is 13.1 Å². The van der Waals surface area contributed by atoms with Crippen molar-refractivity contribution in [1.82, 2.24) is 9.99 Å². The first-order valence-corrected chi connectivity index (χ1v) is 9.68. The minimum atomic E-state index is 0.627. The minimum Gasteiger partial charge on any atom is -0.342 e. The van der Waals surface area contributed by atoms with Gasteiger partial charge in [-0.1, -0.05) is 60.1 Å². The average Bonchev–Trinajstić information content (AvgIpc) is 3.10. The second kappa shape index (κ2) is 8.64. The first kappa shape index (κ1) is 18.8. The monoisotopic (exact) mass is 398 g/mol.